The van der Waals surface area contributed by atoms with Gasteiger partial charge in [0.05, 0.1) is 20.8 Å². The van der Waals surface area contributed by atoms with Gasteiger partial charge in [-0.05, 0) is 29.8 Å². The van der Waals surface area contributed by atoms with Crippen LogP contribution in [0.5, 0.6) is 11.5 Å². The van der Waals surface area contributed by atoms with E-state index in [0.29, 0.717) is 23.6 Å². The van der Waals surface area contributed by atoms with Gasteiger partial charge in [0, 0.05) is 62.1 Å². The third-order valence-electron chi connectivity index (χ3n) is 5.75. The zero-order chi connectivity index (χ0) is 23.9. The van der Waals surface area contributed by atoms with Crippen LogP contribution in [-0.2, 0) is 20.1 Å². The number of anilines is 1. The van der Waals surface area contributed by atoms with Gasteiger partial charge in [0.1, 0.15) is 0 Å². The maximum atomic E-state index is 12.9. The van der Waals surface area contributed by atoms with E-state index in [1.165, 1.54) is 4.88 Å². The summed E-state index contributed by atoms with van der Waals surface area (Å²) in [7, 11) is 5.15. The molecule has 1 aromatic heterocycles. The smallest absolute Gasteiger partial charge is 0.255 e. The number of nitrogens with one attached hydrogen (secondary N) is 2. The van der Waals surface area contributed by atoms with Crippen LogP contribution in [0.2, 0.25) is 0 Å². The second-order valence-electron chi connectivity index (χ2n) is 8.11. The number of amides is 1. The van der Waals surface area contributed by atoms with Crippen LogP contribution in [0.3, 0.4) is 0 Å². The summed E-state index contributed by atoms with van der Waals surface area (Å²) in [6, 6.07) is 12.9. The van der Waals surface area contributed by atoms with Crippen molar-refractivity contribution >= 4 is 22.9 Å². The number of aromatic nitrogens is 1. The van der Waals surface area contributed by atoms with Crippen molar-refractivity contribution in [3.05, 3.63) is 69.5 Å². The van der Waals surface area contributed by atoms with E-state index in [-0.39, 0.29) is 5.91 Å². The SMILES string of the molecule is COc1ccc(C(=O)Nc2ccccc2CN=c2sc(CN3CCNCC3)cn2C)cc1OC. The molecule has 0 aliphatic carbocycles. The first kappa shape index (κ1) is 24.0. The molecule has 2 N–H and O–H groups in total. The number of methoxy groups -OCH3 is 2. The van der Waals surface area contributed by atoms with Gasteiger partial charge in [-0.1, -0.05) is 18.2 Å². The summed E-state index contributed by atoms with van der Waals surface area (Å²) >= 11 is 1.72. The second-order valence-corrected chi connectivity index (χ2v) is 9.21. The molecule has 0 unspecified atom stereocenters. The van der Waals surface area contributed by atoms with E-state index in [9.17, 15) is 4.79 Å². The number of hydrogen-bond donors (Lipinski definition) is 2. The van der Waals surface area contributed by atoms with Gasteiger partial charge in [0.15, 0.2) is 16.3 Å². The van der Waals surface area contributed by atoms with Crippen molar-refractivity contribution in [2.75, 3.05) is 45.7 Å². The maximum Gasteiger partial charge on any atom is 0.255 e. The van der Waals surface area contributed by atoms with E-state index < -0.39 is 0 Å². The lowest BCUT2D eigenvalue weighted by atomic mass is 10.1. The number of para-hydroxylation sites is 1. The van der Waals surface area contributed by atoms with Gasteiger partial charge in [-0.15, -0.1) is 11.3 Å². The van der Waals surface area contributed by atoms with Crippen LogP contribution in [0, 0.1) is 0 Å². The molecule has 0 saturated carbocycles. The topological polar surface area (TPSA) is 80.1 Å². The Kier molecular flexibility index (Phi) is 7.99. The first-order valence-corrected chi connectivity index (χ1v) is 12.1. The number of hydrogen-bond acceptors (Lipinski definition) is 7. The Labute approximate surface area is 203 Å². The highest BCUT2D eigenvalue weighted by molar-refractivity contribution is 7.09. The first-order valence-electron chi connectivity index (χ1n) is 11.3. The van der Waals surface area contributed by atoms with Crippen LogP contribution >= 0.6 is 11.3 Å². The molecule has 1 amide bonds. The van der Waals surface area contributed by atoms with E-state index in [1.54, 1.807) is 43.8 Å². The minimum atomic E-state index is -0.214. The highest BCUT2D eigenvalue weighted by Crippen LogP contribution is 2.28. The molecule has 1 saturated heterocycles. The molecule has 180 valence electrons. The summed E-state index contributed by atoms with van der Waals surface area (Å²) in [6.07, 6.45) is 2.16. The molecule has 2 aromatic carbocycles. The fourth-order valence-electron chi connectivity index (χ4n) is 3.90. The molecule has 3 aromatic rings. The van der Waals surface area contributed by atoms with E-state index in [1.807, 2.05) is 31.3 Å². The van der Waals surface area contributed by atoms with Crippen LogP contribution < -0.4 is 24.9 Å². The van der Waals surface area contributed by atoms with Gasteiger partial charge in [-0.25, -0.2) is 0 Å². The Bertz CT molecular complexity index is 1200. The van der Waals surface area contributed by atoms with Crippen LogP contribution in [0.1, 0.15) is 20.8 Å². The van der Waals surface area contributed by atoms with Gasteiger partial charge in [0.2, 0.25) is 0 Å². The first-order chi connectivity index (χ1) is 16.6. The zero-order valence-electron chi connectivity index (χ0n) is 19.8. The number of benzene rings is 2. The van der Waals surface area contributed by atoms with E-state index in [2.05, 4.69) is 26.3 Å². The number of aryl methyl sites for hydroxylation is 1. The Balaban J connectivity index is 1.48. The standard InChI is InChI=1S/C25H31N5O3S/c1-29-16-20(17-30-12-10-26-11-13-30)34-25(29)27-15-19-6-4-5-7-21(19)28-24(31)18-8-9-22(32-2)23(14-18)33-3/h4-9,14,16,26H,10-13,15,17H2,1-3H3,(H,28,31). The molecule has 2 heterocycles. The average Bonchev–Trinajstić information content (AvgIpc) is 3.22. The normalized spacial score (nSPS) is 14.7. The third kappa shape index (κ3) is 5.85. The van der Waals surface area contributed by atoms with Gasteiger partial charge >= 0.3 is 0 Å². The number of ether oxygens (including phenoxy) is 2. The maximum absolute atomic E-state index is 12.9. The largest absolute Gasteiger partial charge is 0.493 e. The van der Waals surface area contributed by atoms with Crippen molar-refractivity contribution in [2.24, 2.45) is 12.0 Å². The molecule has 1 fully saturated rings. The molecule has 0 atom stereocenters. The number of carbonyl (C=O) groups is 1. The van der Waals surface area contributed by atoms with E-state index in [0.717, 1.165) is 48.8 Å². The van der Waals surface area contributed by atoms with Gasteiger partial charge in [-0.3, -0.25) is 14.7 Å². The van der Waals surface area contributed by atoms with Crippen molar-refractivity contribution in [2.45, 2.75) is 13.1 Å². The molecular weight excluding hydrogens is 450 g/mol. The molecular formula is C25H31N5O3S. The highest BCUT2D eigenvalue weighted by Gasteiger charge is 2.14. The molecule has 1 aliphatic rings. The fraction of sp³-hybridized carbons (Fsp3) is 0.360. The molecule has 4 rings (SSSR count). The van der Waals surface area contributed by atoms with Crippen molar-refractivity contribution in [1.29, 1.82) is 0 Å². The minimum Gasteiger partial charge on any atom is -0.493 e. The molecule has 0 bridgehead atoms. The summed E-state index contributed by atoms with van der Waals surface area (Å²) in [5.74, 6) is 0.882. The van der Waals surface area contributed by atoms with Crippen LogP contribution in [-0.4, -0.2) is 55.8 Å². The molecule has 8 nitrogen and oxygen atoms in total. The molecule has 9 heteroatoms. The highest BCUT2D eigenvalue weighted by atomic mass is 32.1. The van der Waals surface area contributed by atoms with Crippen molar-refractivity contribution in [1.82, 2.24) is 14.8 Å². The summed E-state index contributed by atoms with van der Waals surface area (Å²) in [6.45, 7) is 5.65. The number of nitrogens with zero attached hydrogens (tertiary/aromatic N) is 3. The number of carbonyl (C=O) groups excluding carboxylic acids is 1. The van der Waals surface area contributed by atoms with Crippen molar-refractivity contribution in [3.8, 4) is 11.5 Å². The quantitative estimate of drug-likeness (QED) is 0.517. The second kappa shape index (κ2) is 11.3. The van der Waals surface area contributed by atoms with Gasteiger partial charge in [-0.2, -0.15) is 0 Å². The summed E-state index contributed by atoms with van der Waals surface area (Å²) in [5.41, 5.74) is 2.19. The Morgan fingerprint density at radius 1 is 1.12 bits per heavy atom. The van der Waals surface area contributed by atoms with Crippen LogP contribution in [0.15, 0.2) is 53.7 Å². The molecule has 34 heavy (non-hydrogen) atoms. The zero-order valence-corrected chi connectivity index (χ0v) is 20.7. The number of piperazine rings is 1. The molecule has 0 spiro atoms. The molecule has 1 aliphatic heterocycles. The van der Waals surface area contributed by atoms with E-state index in [4.69, 9.17) is 14.5 Å². The van der Waals surface area contributed by atoms with Crippen molar-refractivity contribution < 1.29 is 14.3 Å². The Morgan fingerprint density at radius 3 is 2.65 bits per heavy atom. The molecule has 0 radical (unpaired) electrons. The lowest BCUT2D eigenvalue weighted by molar-refractivity contribution is 0.102. The summed E-state index contributed by atoms with van der Waals surface area (Å²) in [5, 5.41) is 6.41. The Hall–Kier alpha value is -3.14. The lowest BCUT2D eigenvalue weighted by Gasteiger charge is -2.26. The Morgan fingerprint density at radius 2 is 1.88 bits per heavy atom. The van der Waals surface area contributed by atoms with Gasteiger partial charge in [0.25, 0.3) is 5.91 Å². The number of thiazole rings is 1. The summed E-state index contributed by atoms with van der Waals surface area (Å²) in [4.78, 5) is 22.5. The number of rotatable bonds is 8. The predicted molar refractivity (Wildman–Crippen MR) is 135 cm³/mol. The monoisotopic (exact) mass is 481 g/mol. The average molecular weight is 482 g/mol. The van der Waals surface area contributed by atoms with Gasteiger partial charge < -0.3 is 24.7 Å². The minimum absolute atomic E-state index is 0.214. The lowest BCUT2D eigenvalue weighted by Crippen LogP contribution is -2.42. The van der Waals surface area contributed by atoms with Crippen LogP contribution in [0.4, 0.5) is 5.69 Å². The fourth-order valence-corrected chi connectivity index (χ4v) is 4.92. The van der Waals surface area contributed by atoms with E-state index >= 15 is 0 Å². The van der Waals surface area contributed by atoms with Crippen molar-refractivity contribution in [3.63, 3.8) is 0 Å². The van der Waals surface area contributed by atoms with Crippen LogP contribution in [0.25, 0.3) is 0 Å². The summed E-state index contributed by atoms with van der Waals surface area (Å²) < 4.78 is 12.7. The predicted octanol–water partition coefficient (Wildman–Crippen LogP) is 2.86. The third-order valence-corrected chi connectivity index (χ3v) is 6.84.